The van der Waals surface area contributed by atoms with E-state index < -0.39 is 0 Å². The van der Waals surface area contributed by atoms with Gasteiger partial charge in [0.15, 0.2) is 5.96 Å². The number of guanidine groups is 1. The summed E-state index contributed by atoms with van der Waals surface area (Å²) >= 11 is 0. The largest absolute Gasteiger partial charge is 0.357 e. The summed E-state index contributed by atoms with van der Waals surface area (Å²) in [6, 6.07) is 17.4. The fourth-order valence-corrected chi connectivity index (χ4v) is 3.10. The number of benzene rings is 2. The van der Waals surface area contributed by atoms with E-state index >= 15 is 0 Å². The number of carbonyl (C=O) groups excluding carboxylic acids is 1. The number of nitriles is 1. The number of aliphatic imine (C=N–C) groups is 1. The number of para-hydroxylation sites is 1. The minimum atomic E-state index is 0. The van der Waals surface area contributed by atoms with Gasteiger partial charge in [-0.2, -0.15) is 5.26 Å². The van der Waals surface area contributed by atoms with Crippen LogP contribution in [0, 0.1) is 11.3 Å². The predicted octanol–water partition coefficient (Wildman–Crippen LogP) is 3.36. The van der Waals surface area contributed by atoms with Crippen molar-refractivity contribution in [2.24, 2.45) is 4.99 Å². The molecule has 0 bridgehead atoms. The van der Waals surface area contributed by atoms with Crippen molar-refractivity contribution in [3.8, 4) is 6.07 Å². The molecule has 3 rings (SSSR count). The number of fused-ring (bicyclic) bond motifs is 1. The summed E-state index contributed by atoms with van der Waals surface area (Å²) in [4.78, 5) is 16.6. The molecule has 1 atom stereocenters. The molecule has 0 spiro atoms. The molecule has 1 unspecified atom stereocenters. The molecule has 1 aliphatic heterocycles. The van der Waals surface area contributed by atoms with Gasteiger partial charge in [-0.1, -0.05) is 30.3 Å². The molecule has 0 saturated carbocycles. The van der Waals surface area contributed by atoms with E-state index in [0.29, 0.717) is 31.0 Å². The normalized spacial score (nSPS) is 15.5. The van der Waals surface area contributed by atoms with Gasteiger partial charge < -0.3 is 16.0 Å². The highest BCUT2D eigenvalue weighted by Crippen LogP contribution is 2.31. The maximum absolute atomic E-state index is 12.0. The lowest BCUT2D eigenvalue weighted by Crippen LogP contribution is -2.40. The predicted molar refractivity (Wildman–Crippen MR) is 122 cm³/mol. The lowest BCUT2D eigenvalue weighted by molar-refractivity contribution is -0.116. The van der Waals surface area contributed by atoms with E-state index in [9.17, 15) is 4.79 Å². The van der Waals surface area contributed by atoms with E-state index in [1.54, 1.807) is 12.1 Å². The second-order valence-electron chi connectivity index (χ2n) is 6.42. The van der Waals surface area contributed by atoms with Gasteiger partial charge in [-0.05, 0) is 36.2 Å². The molecule has 0 saturated heterocycles. The summed E-state index contributed by atoms with van der Waals surface area (Å²) in [5.41, 5.74) is 3.71. The van der Waals surface area contributed by atoms with E-state index in [0.717, 1.165) is 23.4 Å². The molecule has 3 N–H and O–H groups in total. The molecule has 6 nitrogen and oxygen atoms in total. The molecule has 1 amide bonds. The number of amides is 1. The maximum Gasteiger partial charge on any atom is 0.225 e. The quantitative estimate of drug-likeness (QED) is 0.342. The Balaban J connectivity index is 0.00000280. The third-order valence-electron chi connectivity index (χ3n) is 4.47. The van der Waals surface area contributed by atoms with Gasteiger partial charge in [-0.3, -0.25) is 4.79 Å². The highest BCUT2D eigenvalue weighted by atomic mass is 127. The third kappa shape index (κ3) is 5.70. The van der Waals surface area contributed by atoms with Gasteiger partial charge in [0.1, 0.15) is 0 Å². The van der Waals surface area contributed by atoms with Crippen molar-refractivity contribution in [3.05, 3.63) is 65.2 Å². The standard InChI is InChI=1S/C21H23N5O.HI/c1-2-23-21(24-13-16-9-7-15(12-22)8-10-16)25-14-17-11-20(27)26-19-6-4-3-5-18(17)19;/h3-10,17H,2,11,13-14H2,1H3,(H,26,27)(H2,23,24,25);1H. The summed E-state index contributed by atoms with van der Waals surface area (Å²) in [6.07, 6.45) is 0.457. The van der Waals surface area contributed by atoms with Crippen LogP contribution in [0.5, 0.6) is 0 Å². The Morgan fingerprint density at radius 3 is 2.68 bits per heavy atom. The zero-order chi connectivity index (χ0) is 19.1. The molecule has 0 aromatic heterocycles. The zero-order valence-corrected chi connectivity index (χ0v) is 18.1. The van der Waals surface area contributed by atoms with E-state index in [4.69, 9.17) is 5.26 Å². The van der Waals surface area contributed by atoms with Gasteiger partial charge in [0.2, 0.25) is 5.91 Å². The molecule has 2 aromatic carbocycles. The van der Waals surface area contributed by atoms with Gasteiger partial charge in [0.05, 0.1) is 18.2 Å². The maximum atomic E-state index is 12.0. The number of halogens is 1. The molecule has 7 heteroatoms. The van der Waals surface area contributed by atoms with Crippen LogP contribution < -0.4 is 16.0 Å². The minimum absolute atomic E-state index is 0. The van der Waals surface area contributed by atoms with Crippen molar-refractivity contribution >= 4 is 41.5 Å². The Kier molecular flexibility index (Phi) is 8.26. The molecule has 0 fully saturated rings. The average molecular weight is 489 g/mol. The summed E-state index contributed by atoms with van der Waals surface area (Å²) in [6.45, 7) is 3.91. The molecule has 28 heavy (non-hydrogen) atoms. The Morgan fingerprint density at radius 2 is 1.96 bits per heavy atom. The van der Waals surface area contributed by atoms with Crippen molar-refractivity contribution in [1.29, 1.82) is 5.26 Å². The van der Waals surface area contributed by atoms with Crippen LogP contribution in [0.1, 0.15) is 36.0 Å². The number of hydrogen-bond acceptors (Lipinski definition) is 3. The van der Waals surface area contributed by atoms with Gasteiger partial charge in [-0.15, -0.1) is 24.0 Å². The lowest BCUT2D eigenvalue weighted by Gasteiger charge is -2.26. The van der Waals surface area contributed by atoms with E-state index in [2.05, 4.69) is 33.1 Å². The van der Waals surface area contributed by atoms with Gasteiger partial charge >= 0.3 is 0 Å². The van der Waals surface area contributed by atoms with Crippen LogP contribution in [0.2, 0.25) is 0 Å². The first kappa shape index (κ1) is 21.7. The first-order valence-electron chi connectivity index (χ1n) is 9.09. The molecular weight excluding hydrogens is 465 g/mol. The number of nitrogens with one attached hydrogen (secondary N) is 3. The van der Waals surface area contributed by atoms with Crippen LogP contribution in [0.25, 0.3) is 0 Å². The minimum Gasteiger partial charge on any atom is -0.357 e. The fraction of sp³-hybridized carbons (Fsp3) is 0.286. The van der Waals surface area contributed by atoms with Crippen LogP contribution in [-0.4, -0.2) is 25.0 Å². The fourth-order valence-electron chi connectivity index (χ4n) is 3.10. The lowest BCUT2D eigenvalue weighted by atomic mass is 9.90. The number of anilines is 1. The van der Waals surface area contributed by atoms with Crippen LogP contribution in [-0.2, 0) is 11.3 Å². The molecule has 2 aromatic rings. The van der Waals surface area contributed by atoms with Crippen molar-refractivity contribution in [2.45, 2.75) is 25.8 Å². The van der Waals surface area contributed by atoms with Crippen molar-refractivity contribution in [1.82, 2.24) is 10.6 Å². The number of rotatable bonds is 5. The van der Waals surface area contributed by atoms with Crippen LogP contribution in [0.3, 0.4) is 0 Å². The molecule has 1 heterocycles. The van der Waals surface area contributed by atoms with Crippen LogP contribution in [0.4, 0.5) is 5.69 Å². The van der Waals surface area contributed by atoms with Crippen molar-refractivity contribution < 1.29 is 4.79 Å². The smallest absolute Gasteiger partial charge is 0.225 e. The van der Waals surface area contributed by atoms with Gasteiger partial charge in [0, 0.05) is 31.1 Å². The van der Waals surface area contributed by atoms with E-state index in [1.165, 1.54) is 0 Å². The highest BCUT2D eigenvalue weighted by Gasteiger charge is 2.24. The SMILES string of the molecule is CCNC(=NCc1ccc(C#N)cc1)NCC1CC(=O)Nc2ccccc21.I. The highest BCUT2D eigenvalue weighted by molar-refractivity contribution is 14.0. The first-order valence-corrected chi connectivity index (χ1v) is 9.09. The molecule has 146 valence electrons. The third-order valence-corrected chi connectivity index (χ3v) is 4.47. The van der Waals surface area contributed by atoms with Crippen molar-refractivity contribution in [3.63, 3.8) is 0 Å². The Morgan fingerprint density at radius 1 is 1.21 bits per heavy atom. The Hall–Kier alpha value is -2.60. The average Bonchev–Trinajstić information content (AvgIpc) is 2.70. The Bertz CT molecular complexity index is 873. The summed E-state index contributed by atoms with van der Waals surface area (Å²) < 4.78 is 0. The Labute approximate surface area is 182 Å². The topological polar surface area (TPSA) is 89.3 Å². The summed E-state index contributed by atoms with van der Waals surface area (Å²) in [5.74, 6) is 0.860. The van der Waals surface area contributed by atoms with E-state index in [-0.39, 0.29) is 35.8 Å². The zero-order valence-electron chi connectivity index (χ0n) is 15.7. The monoisotopic (exact) mass is 489 g/mol. The second-order valence-corrected chi connectivity index (χ2v) is 6.42. The number of hydrogen-bond donors (Lipinski definition) is 3. The van der Waals surface area contributed by atoms with E-state index in [1.807, 2.05) is 37.3 Å². The summed E-state index contributed by atoms with van der Waals surface area (Å²) in [5, 5.41) is 18.4. The number of nitrogens with zero attached hydrogens (tertiary/aromatic N) is 2. The van der Waals surface area contributed by atoms with Gasteiger partial charge in [-0.25, -0.2) is 4.99 Å². The second kappa shape index (κ2) is 10.7. The van der Waals surface area contributed by atoms with Gasteiger partial charge in [0.25, 0.3) is 0 Å². The molecule has 0 aliphatic carbocycles. The molecular formula is C21H24IN5O. The first-order chi connectivity index (χ1) is 13.2. The molecule has 1 aliphatic rings. The molecule has 0 radical (unpaired) electrons. The summed E-state index contributed by atoms with van der Waals surface area (Å²) in [7, 11) is 0. The van der Waals surface area contributed by atoms with Crippen LogP contribution >= 0.6 is 24.0 Å². The van der Waals surface area contributed by atoms with Crippen molar-refractivity contribution in [2.75, 3.05) is 18.4 Å². The van der Waals surface area contributed by atoms with Crippen LogP contribution in [0.15, 0.2) is 53.5 Å². The number of carbonyl (C=O) groups is 1.